The molecule has 0 N–H and O–H groups in total. The van der Waals surface area contributed by atoms with Crippen LogP contribution in [0.1, 0.15) is 206 Å². The molecule has 0 amide bonds. The van der Waals surface area contributed by atoms with Crippen molar-refractivity contribution in [2.24, 2.45) is 0 Å². The topological polar surface area (TPSA) is 88.1 Å². The van der Waals surface area contributed by atoms with E-state index in [1.54, 1.807) is 7.11 Å². The highest BCUT2D eigenvalue weighted by Gasteiger charge is 2.14. The first-order valence-electron chi connectivity index (χ1n) is 20.0. The van der Waals surface area contributed by atoms with Crippen molar-refractivity contribution in [3.05, 3.63) is 0 Å². The molecule has 0 fully saturated rings. The van der Waals surface area contributed by atoms with E-state index in [0.29, 0.717) is 45.5 Å². The van der Waals surface area contributed by atoms with E-state index in [4.69, 9.17) is 18.9 Å². The van der Waals surface area contributed by atoms with Gasteiger partial charge in [-0.15, -0.1) is 0 Å². The van der Waals surface area contributed by atoms with Crippen LogP contribution in [0, 0.1) is 0 Å². The van der Waals surface area contributed by atoms with Gasteiger partial charge in [0.25, 0.3) is 0 Å². The highest BCUT2D eigenvalue weighted by molar-refractivity contribution is 5.70. The molecule has 0 aliphatic carbocycles. The van der Waals surface area contributed by atoms with Gasteiger partial charge in [-0.25, -0.2) is 0 Å². The second-order valence-corrected chi connectivity index (χ2v) is 13.5. The molecule has 7 heteroatoms. The summed E-state index contributed by atoms with van der Waals surface area (Å²) in [6.45, 7) is 6.15. The van der Waals surface area contributed by atoms with E-state index >= 15 is 0 Å². The molecule has 0 aromatic carbocycles. The fourth-order valence-corrected chi connectivity index (χ4v) is 5.85. The molecule has 0 radical (unpaired) electrons. The summed E-state index contributed by atoms with van der Waals surface area (Å²) in [4.78, 5) is 36.4. The first-order valence-corrected chi connectivity index (χ1v) is 20.0. The molecule has 0 aromatic rings. The summed E-state index contributed by atoms with van der Waals surface area (Å²) >= 11 is 0. The van der Waals surface area contributed by atoms with Crippen LogP contribution in [0.25, 0.3) is 0 Å². The first kappa shape index (κ1) is 45.4. The van der Waals surface area contributed by atoms with Crippen molar-refractivity contribution in [3.63, 3.8) is 0 Å². The quantitative estimate of drug-likeness (QED) is 0.0370. The smallest absolute Gasteiger partial charge is 0.306 e. The summed E-state index contributed by atoms with van der Waals surface area (Å²) in [7, 11) is 1.65. The largest absolute Gasteiger partial charge is 0.466 e. The lowest BCUT2D eigenvalue weighted by molar-refractivity contribution is -0.150. The average molecular weight is 669 g/mol. The summed E-state index contributed by atoms with van der Waals surface area (Å²) in [5, 5.41) is 0. The van der Waals surface area contributed by atoms with Gasteiger partial charge in [-0.05, 0) is 57.8 Å². The minimum atomic E-state index is -0.128. The maximum atomic E-state index is 12.4. The number of methoxy groups -OCH3 is 1. The van der Waals surface area contributed by atoms with E-state index in [0.717, 1.165) is 103 Å². The maximum Gasteiger partial charge on any atom is 0.306 e. The maximum absolute atomic E-state index is 12.4. The summed E-state index contributed by atoms with van der Waals surface area (Å²) in [5.74, 6) is -0.248. The molecule has 0 saturated carbocycles. The van der Waals surface area contributed by atoms with Crippen molar-refractivity contribution in [1.82, 2.24) is 0 Å². The first-order chi connectivity index (χ1) is 23.0. The van der Waals surface area contributed by atoms with Crippen molar-refractivity contribution in [1.29, 1.82) is 0 Å². The van der Waals surface area contributed by atoms with Crippen LogP contribution in [0.3, 0.4) is 0 Å². The van der Waals surface area contributed by atoms with Gasteiger partial charge >= 0.3 is 17.9 Å². The van der Waals surface area contributed by atoms with Crippen molar-refractivity contribution in [2.45, 2.75) is 213 Å². The molecule has 0 saturated heterocycles. The monoisotopic (exact) mass is 669 g/mol. The van der Waals surface area contributed by atoms with Gasteiger partial charge in [0, 0.05) is 33.0 Å². The van der Waals surface area contributed by atoms with E-state index in [1.807, 2.05) is 0 Å². The van der Waals surface area contributed by atoms with Gasteiger partial charge in [-0.1, -0.05) is 129 Å². The zero-order valence-corrected chi connectivity index (χ0v) is 31.3. The SMILES string of the molecule is CCCCCCCCCOC(=O)CCCCCCCC(CCCCCCCC(=O)OCCCCCCCCC)OC(=O)CCCOC. The third-order valence-corrected chi connectivity index (χ3v) is 8.86. The molecule has 0 aliphatic rings. The number of ether oxygens (including phenoxy) is 4. The third-order valence-electron chi connectivity index (χ3n) is 8.86. The molecule has 0 aliphatic heterocycles. The third kappa shape index (κ3) is 35.5. The van der Waals surface area contributed by atoms with Crippen LogP contribution in [0.5, 0.6) is 0 Å². The van der Waals surface area contributed by atoms with Gasteiger partial charge in [-0.2, -0.15) is 0 Å². The minimum absolute atomic E-state index is 0.0340. The van der Waals surface area contributed by atoms with Gasteiger partial charge in [0.1, 0.15) is 6.10 Å². The molecule has 47 heavy (non-hydrogen) atoms. The number of unbranched alkanes of at least 4 members (excludes halogenated alkanes) is 20. The van der Waals surface area contributed by atoms with Gasteiger partial charge in [0.2, 0.25) is 0 Å². The molecule has 0 bridgehead atoms. The number of hydrogen-bond acceptors (Lipinski definition) is 7. The second-order valence-electron chi connectivity index (χ2n) is 13.5. The molecule has 278 valence electrons. The van der Waals surface area contributed by atoms with Gasteiger partial charge < -0.3 is 18.9 Å². The fraction of sp³-hybridized carbons (Fsp3) is 0.925. The highest BCUT2D eigenvalue weighted by Crippen LogP contribution is 2.18. The Labute approximate surface area is 290 Å². The van der Waals surface area contributed by atoms with Crippen molar-refractivity contribution in [3.8, 4) is 0 Å². The Kier molecular flexibility index (Phi) is 35.9. The Morgan fingerprint density at radius 3 is 1.19 bits per heavy atom. The Morgan fingerprint density at radius 1 is 0.404 bits per heavy atom. The Morgan fingerprint density at radius 2 is 0.766 bits per heavy atom. The van der Waals surface area contributed by atoms with Crippen LogP contribution in [0.4, 0.5) is 0 Å². The summed E-state index contributed by atoms with van der Waals surface area (Å²) < 4.78 is 21.7. The van der Waals surface area contributed by atoms with Gasteiger partial charge in [0.05, 0.1) is 13.2 Å². The number of hydrogen-bond donors (Lipinski definition) is 0. The number of rotatable bonds is 37. The zero-order valence-electron chi connectivity index (χ0n) is 31.3. The van der Waals surface area contributed by atoms with Crippen LogP contribution < -0.4 is 0 Å². The Bertz CT molecular complexity index is 650. The van der Waals surface area contributed by atoms with E-state index < -0.39 is 0 Å². The van der Waals surface area contributed by atoms with E-state index in [9.17, 15) is 14.4 Å². The molecule has 0 unspecified atom stereocenters. The second kappa shape index (κ2) is 37.2. The fourth-order valence-electron chi connectivity index (χ4n) is 5.85. The number of esters is 3. The molecule has 7 nitrogen and oxygen atoms in total. The number of carbonyl (C=O) groups is 3. The summed E-state index contributed by atoms with van der Waals surface area (Å²) in [6, 6.07) is 0. The molecular formula is C40H76O7. The van der Waals surface area contributed by atoms with Crippen LogP contribution in [0.15, 0.2) is 0 Å². The summed E-state index contributed by atoms with van der Waals surface area (Å²) in [5.41, 5.74) is 0. The Balaban J connectivity index is 3.97. The van der Waals surface area contributed by atoms with Crippen LogP contribution in [0.2, 0.25) is 0 Å². The molecule has 0 rings (SSSR count). The zero-order chi connectivity index (χ0) is 34.5. The molecule has 0 aromatic heterocycles. The minimum Gasteiger partial charge on any atom is -0.466 e. The normalized spacial score (nSPS) is 11.2. The average Bonchev–Trinajstić information content (AvgIpc) is 3.06. The summed E-state index contributed by atoms with van der Waals surface area (Å²) in [6.07, 6.45) is 31.2. The lowest BCUT2D eigenvalue weighted by Gasteiger charge is -2.18. The molecule has 0 atom stereocenters. The highest BCUT2D eigenvalue weighted by atomic mass is 16.5. The lowest BCUT2D eigenvalue weighted by atomic mass is 10.0. The Hall–Kier alpha value is -1.63. The van der Waals surface area contributed by atoms with Gasteiger partial charge in [0.15, 0.2) is 0 Å². The van der Waals surface area contributed by atoms with Crippen LogP contribution in [-0.2, 0) is 33.3 Å². The van der Waals surface area contributed by atoms with Crippen LogP contribution in [-0.4, -0.2) is 50.9 Å². The predicted octanol–water partition coefficient (Wildman–Crippen LogP) is 11.4. The molecule has 0 heterocycles. The predicted molar refractivity (Wildman–Crippen MR) is 194 cm³/mol. The molecular weight excluding hydrogens is 592 g/mol. The molecule has 0 spiro atoms. The van der Waals surface area contributed by atoms with E-state index in [-0.39, 0.29) is 24.0 Å². The standard InChI is InChI=1S/C40H76O7/c1-4-6-8-10-12-20-26-35-45-38(41)31-24-18-14-16-22-29-37(47-40(43)33-28-34-44-3)30-23-17-15-19-25-32-39(42)46-36-27-21-13-11-9-7-5-2/h37H,4-36H2,1-3H3. The van der Waals surface area contributed by atoms with Crippen molar-refractivity contribution in [2.75, 3.05) is 26.9 Å². The van der Waals surface area contributed by atoms with Crippen LogP contribution >= 0.6 is 0 Å². The van der Waals surface area contributed by atoms with E-state index in [1.165, 1.54) is 64.2 Å². The van der Waals surface area contributed by atoms with E-state index in [2.05, 4.69) is 13.8 Å². The van der Waals surface area contributed by atoms with Gasteiger partial charge in [-0.3, -0.25) is 14.4 Å². The number of carbonyl (C=O) groups excluding carboxylic acids is 3. The van der Waals surface area contributed by atoms with Crippen molar-refractivity contribution < 1.29 is 33.3 Å². The van der Waals surface area contributed by atoms with Crippen molar-refractivity contribution >= 4 is 17.9 Å². The lowest BCUT2D eigenvalue weighted by Crippen LogP contribution is -2.18.